The van der Waals surface area contributed by atoms with Crippen LogP contribution in [0.3, 0.4) is 0 Å². The second-order valence-electron chi connectivity index (χ2n) is 8.29. The summed E-state index contributed by atoms with van der Waals surface area (Å²) in [4.78, 5) is 12.6. The van der Waals surface area contributed by atoms with E-state index in [2.05, 4.69) is 35.9 Å². The third-order valence-electron chi connectivity index (χ3n) is 5.04. The van der Waals surface area contributed by atoms with E-state index in [0.717, 1.165) is 43.2 Å². The molecule has 0 bridgehead atoms. The van der Waals surface area contributed by atoms with Crippen molar-refractivity contribution < 1.29 is 9.66 Å². The van der Waals surface area contributed by atoms with E-state index in [4.69, 9.17) is 9.84 Å². The molecule has 0 radical (unpaired) electrons. The van der Waals surface area contributed by atoms with Gasteiger partial charge in [-0.05, 0) is 24.3 Å². The van der Waals surface area contributed by atoms with Crippen LogP contribution < -0.4 is 9.64 Å². The van der Waals surface area contributed by atoms with Crippen molar-refractivity contribution in [1.29, 1.82) is 0 Å². The summed E-state index contributed by atoms with van der Waals surface area (Å²) >= 11 is 0. The van der Waals surface area contributed by atoms with Crippen LogP contribution in [-0.4, -0.2) is 43.9 Å². The third-order valence-corrected chi connectivity index (χ3v) is 5.04. The highest BCUT2D eigenvalue weighted by atomic mass is 16.6. The first-order chi connectivity index (χ1) is 13.8. The lowest BCUT2D eigenvalue weighted by molar-refractivity contribution is -0.384. The minimum Gasteiger partial charge on any atom is -0.490 e. The van der Waals surface area contributed by atoms with Gasteiger partial charge in [0.15, 0.2) is 11.5 Å². The fourth-order valence-electron chi connectivity index (χ4n) is 3.46. The predicted molar refractivity (Wildman–Crippen MR) is 108 cm³/mol. The molecule has 1 fully saturated rings. The first-order valence-corrected chi connectivity index (χ1v) is 9.70. The zero-order valence-electron chi connectivity index (χ0n) is 16.8. The molecule has 0 atom stereocenters. The molecule has 2 aromatic heterocycles. The van der Waals surface area contributed by atoms with Gasteiger partial charge in [0, 0.05) is 43.5 Å². The Morgan fingerprint density at radius 1 is 1.07 bits per heavy atom. The van der Waals surface area contributed by atoms with Gasteiger partial charge < -0.3 is 9.64 Å². The molecule has 3 heterocycles. The molecule has 0 amide bonds. The summed E-state index contributed by atoms with van der Waals surface area (Å²) in [5, 5.41) is 24.0. The van der Waals surface area contributed by atoms with Crippen molar-refractivity contribution in [3.8, 4) is 5.75 Å². The molecule has 4 rings (SSSR count). The largest absolute Gasteiger partial charge is 0.490 e. The second kappa shape index (κ2) is 7.31. The number of anilines is 1. The number of nitrogens with zero attached hydrogens (tertiary/aromatic N) is 6. The Hall–Kier alpha value is -3.23. The van der Waals surface area contributed by atoms with E-state index in [9.17, 15) is 10.1 Å². The van der Waals surface area contributed by atoms with Gasteiger partial charge in [-0.15, -0.1) is 15.3 Å². The quantitative estimate of drug-likeness (QED) is 0.492. The van der Waals surface area contributed by atoms with Crippen molar-refractivity contribution in [3.05, 3.63) is 52.3 Å². The Bertz CT molecular complexity index is 1020. The van der Waals surface area contributed by atoms with Crippen LogP contribution in [0.5, 0.6) is 5.75 Å². The monoisotopic (exact) mass is 396 g/mol. The van der Waals surface area contributed by atoms with Crippen LogP contribution in [0.15, 0.2) is 36.4 Å². The number of fused-ring (bicyclic) bond motifs is 1. The smallest absolute Gasteiger partial charge is 0.269 e. The summed E-state index contributed by atoms with van der Waals surface area (Å²) < 4.78 is 7.83. The Morgan fingerprint density at radius 3 is 2.38 bits per heavy atom. The molecule has 9 heteroatoms. The fraction of sp³-hybridized carbons (Fsp3) is 0.450. The molecule has 0 spiro atoms. The van der Waals surface area contributed by atoms with E-state index in [-0.39, 0.29) is 17.2 Å². The maximum atomic E-state index is 10.8. The topological polar surface area (TPSA) is 98.7 Å². The van der Waals surface area contributed by atoms with Crippen molar-refractivity contribution >= 4 is 17.2 Å². The molecular weight excluding hydrogens is 372 g/mol. The number of hydrogen-bond donors (Lipinski definition) is 0. The zero-order valence-corrected chi connectivity index (χ0v) is 16.8. The van der Waals surface area contributed by atoms with Crippen molar-refractivity contribution in [3.63, 3.8) is 0 Å². The molecule has 0 unspecified atom stereocenters. The van der Waals surface area contributed by atoms with Gasteiger partial charge in [0.05, 0.1) is 4.92 Å². The molecular formula is C20H24N6O3. The van der Waals surface area contributed by atoms with Crippen molar-refractivity contribution in [2.24, 2.45) is 0 Å². The van der Waals surface area contributed by atoms with Crippen LogP contribution in [0.25, 0.3) is 5.65 Å². The number of aromatic nitrogens is 4. The lowest BCUT2D eigenvalue weighted by atomic mass is 9.96. The van der Waals surface area contributed by atoms with Gasteiger partial charge in [-0.3, -0.25) is 10.1 Å². The molecule has 0 saturated carbocycles. The van der Waals surface area contributed by atoms with Crippen LogP contribution >= 0.6 is 0 Å². The summed E-state index contributed by atoms with van der Waals surface area (Å²) in [5.74, 6) is 2.40. The van der Waals surface area contributed by atoms with Crippen LogP contribution in [0.2, 0.25) is 0 Å². The van der Waals surface area contributed by atoms with Gasteiger partial charge in [0.1, 0.15) is 17.7 Å². The highest BCUT2D eigenvalue weighted by Gasteiger charge is 2.25. The molecule has 1 aromatic carbocycles. The summed E-state index contributed by atoms with van der Waals surface area (Å²) in [6.45, 7) is 7.93. The minimum absolute atomic E-state index is 0.0669. The summed E-state index contributed by atoms with van der Waals surface area (Å²) in [5.41, 5.74) is 0.670. The highest BCUT2D eigenvalue weighted by Crippen LogP contribution is 2.25. The highest BCUT2D eigenvalue weighted by molar-refractivity contribution is 5.46. The molecule has 152 valence electrons. The SMILES string of the molecule is CC(C)(C)c1nnc2ccc(N3CCC(Oc4ccc([N+](=O)[O-])cc4)CC3)nn12. The average molecular weight is 396 g/mol. The maximum Gasteiger partial charge on any atom is 0.269 e. The summed E-state index contributed by atoms with van der Waals surface area (Å²) in [6.07, 6.45) is 1.78. The van der Waals surface area contributed by atoms with Crippen molar-refractivity contribution in [2.75, 3.05) is 18.0 Å². The predicted octanol–water partition coefficient (Wildman–Crippen LogP) is 3.38. The normalized spacial score (nSPS) is 15.6. The van der Waals surface area contributed by atoms with Gasteiger partial charge in [0.2, 0.25) is 0 Å². The minimum atomic E-state index is -0.410. The van der Waals surface area contributed by atoms with Crippen LogP contribution in [-0.2, 0) is 5.41 Å². The van der Waals surface area contributed by atoms with E-state index < -0.39 is 4.92 Å². The number of benzene rings is 1. The molecule has 9 nitrogen and oxygen atoms in total. The number of ether oxygens (including phenoxy) is 1. The maximum absolute atomic E-state index is 10.8. The molecule has 1 aliphatic heterocycles. The van der Waals surface area contributed by atoms with E-state index in [1.54, 1.807) is 12.1 Å². The third kappa shape index (κ3) is 3.98. The van der Waals surface area contributed by atoms with Gasteiger partial charge in [-0.1, -0.05) is 20.8 Å². The van der Waals surface area contributed by atoms with Crippen LogP contribution in [0.4, 0.5) is 11.5 Å². The standard InChI is InChI=1S/C20H24N6O3/c1-20(2,3)19-22-21-17-8-9-18(23-25(17)19)24-12-10-16(11-13-24)29-15-6-4-14(5-7-15)26(27)28/h4-9,16H,10-13H2,1-3H3. The lowest BCUT2D eigenvalue weighted by Gasteiger charge is -2.32. The molecule has 1 aliphatic rings. The molecule has 0 aliphatic carbocycles. The number of nitro groups is 1. The average Bonchev–Trinajstić information content (AvgIpc) is 3.13. The van der Waals surface area contributed by atoms with Gasteiger partial charge >= 0.3 is 0 Å². The van der Waals surface area contributed by atoms with E-state index in [1.807, 2.05) is 16.6 Å². The van der Waals surface area contributed by atoms with Crippen molar-refractivity contribution in [1.82, 2.24) is 19.8 Å². The van der Waals surface area contributed by atoms with Crippen LogP contribution in [0.1, 0.15) is 39.4 Å². The number of hydrogen-bond acceptors (Lipinski definition) is 7. The number of nitro benzene ring substituents is 1. The number of rotatable bonds is 4. The summed E-state index contributed by atoms with van der Waals surface area (Å²) in [6, 6.07) is 10.2. The number of piperidine rings is 1. The Labute approximate surface area is 168 Å². The van der Waals surface area contributed by atoms with Gasteiger partial charge in [-0.25, -0.2) is 0 Å². The first kappa shape index (κ1) is 19.1. The fourth-order valence-corrected chi connectivity index (χ4v) is 3.46. The van der Waals surface area contributed by atoms with Gasteiger partial charge in [0.25, 0.3) is 5.69 Å². The second-order valence-corrected chi connectivity index (χ2v) is 8.29. The number of non-ortho nitro benzene ring substituents is 1. The van der Waals surface area contributed by atoms with Crippen molar-refractivity contribution in [2.45, 2.75) is 45.1 Å². The van der Waals surface area contributed by atoms with Gasteiger partial charge in [-0.2, -0.15) is 4.52 Å². The van der Waals surface area contributed by atoms with E-state index in [0.29, 0.717) is 5.75 Å². The Morgan fingerprint density at radius 2 is 1.76 bits per heavy atom. The van der Waals surface area contributed by atoms with E-state index in [1.165, 1.54) is 12.1 Å². The molecule has 1 saturated heterocycles. The lowest BCUT2D eigenvalue weighted by Crippen LogP contribution is -2.39. The Kier molecular flexibility index (Phi) is 4.81. The Balaban J connectivity index is 1.42. The zero-order chi connectivity index (χ0) is 20.6. The summed E-state index contributed by atoms with van der Waals surface area (Å²) in [7, 11) is 0. The van der Waals surface area contributed by atoms with Crippen LogP contribution in [0, 0.1) is 10.1 Å². The molecule has 0 N–H and O–H groups in total. The first-order valence-electron chi connectivity index (χ1n) is 9.70. The molecule has 3 aromatic rings. The molecule has 29 heavy (non-hydrogen) atoms. The van der Waals surface area contributed by atoms with E-state index >= 15 is 0 Å².